The molecule has 0 bridgehead atoms. The molecule has 1 aliphatic heterocycles. The number of imidazole rings is 1. The van der Waals surface area contributed by atoms with Crippen LogP contribution in [0.15, 0.2) is 59.0 Å². The van der Waals surface area contributed by atoms with Crippen molar-refractivity contribution in [2.24, 2.45) is 23.0 Å². The lowest BCUT2D eigenvalue weighted by atomic mass is 10.1. The Hall–Kier alpha value is -3.19. The number of guanidine groups is 1. The Morgan fingerprint density at radius 1 is 1.18 bits per heavy atom. The molecule has 144 valence electrons. The van der Waals surface area contributed by atoms with Crippen LogP contribution in [-0.2, 0) is 11.8 Å². The summed E-state index contributed by atoms with van der Waals surface area (Å²) >= 11 is 0. The molecule has 0 amide bonds. The third-order valence-electron chi connectivity index (χ3n) is 4.99. The van der Waals surface area contributed by atoms with Gasteiger partial charge in [-0.1, -0.05) is 12.1 Å². The van der Waals surface area contributed by atoms with Gasteiger partial charge in [-0.15, -0.1) is 5.10 Å². The zero-order valence-electron chi connectivity index (χ0n) is 16.2. The van der Waals surface area contributed by atoms with E-state index in [9.17, 15) is 0 Å². The summed E-state index contributed by atoms with van der Waals surface area (Å²) in [7, 11) is 2.09. The van der Waals surface area contributed by atoms with Crippen LogP contribution in [0.1, 0.15) is 11.1 Å². The number of nitrogens with two attached hydrogens (primary N) is 1. The van der Waals surface area contributed by atoms with E-state index in [-0.39, 0.29) is 0 Å². The van der Waals surface area contributed by atoms with Crippen molar-refractivity contribution < 1.29 is 9.14 Å². The van der Waals surface area contributed by atoms with Gasteiger partial charge in [0.1, 0.15) is 6.20 Å². The quantitative estimate of drug-likeness (QED) is 0.327. The van der Waals surface area contributed by atoms with Crippen LogP contribution in [0.3, 0.4) is 0 Å². The first kappa shape index (κ1) is 18.2. The number of pyridine rings is 1. The molecule has 0 atom stereocenters. The van der Waals surface area contributed by atoms with Gasteiger partial charge < -0.3 is 15.4 Å². The van der Waals surface area contributed by atoms with E-state index in [1.807, 2.05) is 17.0 Å². The van der Waals surface area contributed by atoms with Gasteiger partial charge in [0.25, 0.3) is 5.65 Å². The van der Waals surface area contributed by atoms with Gasteiger partial charge in [-0.25, -0.2) is 8.97 Å². The van der Waals surface area contributed by atoms with E-state index < -0.39 is 0 Å². The standard InChI is InChI=1S/C21H25N6O/c1-16-7-8-27-15-19(25(2)20(27)13-16)18-5-3-17(4-6-18)14-23-24-21(22)26-9-11-28-12-10-26/h3-8,13-15H,9-12H2,1-2H3,(H2,22,24)/q+1/b23-14+. The predicted octanol–water partition coefficient (Wildman–Crippen LogP) is 1.72. The Labute approximate surface area is 164 Å². The highest BCUT2D eigenvalue weighted by Gasteiger charge is 2.15. The fourth-order valence-electron chi connectivity index (χ4n) is 3.34. The van der Waals surface area contributed by atoms with E-state index in [0.29, 0.717) is 19.2 Å². The minimum absolute atomic E-state index is 0.430. The monoisotopic (exact) mass is 377 g/mol. The number of rotatable bonds is 3. The van der Waals surface area contributed by atoms with Crippen LogP contribution in [0.4, 0.5) is 0 Å². The van der Waals surface area contributed by atoms with Gasteiger partial charge in [0.15, 0.2) is 5.69 Å². The zero-order valence-corrected chi connectivity index (χ0v) is 16.2. The molecule has 0 saturated carbocycles. The zero-order chi connectivity index (χ0) is 19.5. The maximum Gasteiger partial charge on any atom is 0.286 e. The summed E-state index contributed by atoms with van der Waals surface area (Å²) in [5.74, 6) is 0.430. The molecule has 0 unspecified atom stereocenters. The Morgan fingerprint density at radius 3 is 2.68 bits per heavy atom. The maximum atomic E-state index is 5.98. The van der Waals surface area contributed by atoms with E-state index in [1.165, 1.54) is 5.56 Å². The molecule has 7 heteroatoms. The molecule has 3 aromatic rings. The van der Waals surface area contributed by atoms with Gasteiger partial charge in [0.2, 0.25) is 5.96 Å². The molecule has 2 N–H and O–H groups in total. The first-order valence-electron chi connectivity index (χ1n) is 9.39. The van der Waals surface area contributed by atoms with E-state index in [1.54, 1.807) is 6.21 Å². The average Bonchev–Trinajstić information content (AvgIpc) is 3.05. The van der Waals surface area contributed by atoms with Crippen LogP contribution < -0.4 is 10.1 Å². The Morgan fingerprint density at radius 2 is 1.93 bits per heavy atom. The van der Waals surface area contributed by atoms with Crippen molar-refractivity contribution in [2.45, 2.75) is 6.92 Å². The van der Waals surface area contributed by atoms with Crippen molar-refractivity contribution >= 4 is 17.8 Å². The molecule has 1 fully saturated rings. The molecular weight excluding hydrogens is 352 g/mol. The number of nitrogens with zero attached hydrogens (tertiary/aromatic N) is 5. The van der Waals surface area contributed by atoms with Crippen LogP contribution in [0.25, 0.3) is 16.9 Å². The van der Waals surface area contributed by atoms with Crippen LogP contribution >= 0.6 is 0 Å². The molecule has 4 rings (SSSR count). The van der Waals surface area contributed by atoms with E-state index >= 15 is 0 Å². The Bertz CT molecular complexity index is 1030. The molecule has 0 aliphatic carbocycles. The normalized spacial score (nSPS) is 15.6. The molecule has 1 aromatic carbocycles. The highest BCUT2D eigenvalue weighted by molar-refractivity contribution is 5.83. The fourth-order valence-corrected chi connectivity index (χ4v) is 3.34. The summed E-state index contributed by atoms with van der Waals surface area (Å²) < 4.78 is 9.65. The van der Waals surface area contributed by atoms with Crippen molar-refractivity contribution in [1.82, 2.24) is 9.47 Å². The SMILES string of the molecule is Cc1cc[n+]2cc(-c3ccc(/C=N/N=C(\N)N4CCOCC4)cc3)n(C)c2c1. The fraction of sp³-hybridized carbons (Fsp3) is 0.286. The van der Waals surface area contributed by atoms with Crippen LogP contribution in [0.5, 0.6) is 0 Å². The number of hydrogen-bond acceptors (Lipinski definition) is 3. The smallest absolute Gasteiger partial charge is 0.286 e. The van der Waals surface area contributed by atoms with Gasteiger partial charge in [0, 0.05) is 24.7 Å². The van der Waals surface area contributed by atoms with Crippen molar-refractivity contribution in [3.8, 4) is 11.3 Å². The van der Waals surface area contributed by atoms with E-state index in [4.69, 9.17) is 10.5 Å². The number of aryl methyl sites for hydroxylation is 2. The Balaban J connectivity index is 1.50. The third-order valence-corrected chi connectivity index (χ3v) is 4.99. The molecule has 1 aliphatic rings. The lowest BCUT2D eigenvalue weighted by Crippen LogP contribution is -2.44. The number of fused-ring (bicyclic) bond motifs is 1. The minimum Gasteiger partial charge on any atom is -0.378 e. The van der Waals surface area contributed by atoms with Crippen LogP contribution in [-0.4, -0.2) is 47.9 Å². The lowest BCUT2D eigenvalue weighted by molar-refractivity contribution is -0.510. The molecule has 2 aromatic heterocycles. The lowest BCUT2D eigenvalue weighted by Gasteiger charge is -2.26. The summed E-state index contributed by atoms with van der Waals surface area (Å²) in [6, 6.07) is 12.6. The summed E-state index contributed by atoms with van der Waals surface area (Å²) in [6.45, 7) is 4.96. The second kappa shape index (κ2) is 7.82. The average molecular weight is 377 g/mol. The summed E-state index contributed by atoms with van der Waals surface area (Å²) in [5, 5.41) is 8.23. The highest BCUT2D eigenvalue weighted by atomic mass is 16.5. The number of benzene rings is 1. The molecule has 0 radical (unpaired) electrons. The van der Waals surface area contributed by atoms with Crippen molar-refractivity contribution in [2.75, 3.05) is 26.3 Å². The number of morpholine rings is 1. The minimum atomic E-state index is 0.430. The van der Waals surface area contributed by atoms with E-state index in [2.05, 4.69) is 69.8 Å². The number of ether oxygens (including phenoxy) is 1. The van der Waals surface area contributed by atoms with Crippen LogP contribution in [0.2, 0.25) is 0 Å². The molecular formula is C21H25N6O+. The van der Waals surface area contributed by atoms with Crippen molar-refractivity contribution in [1.29, 1.82) is 0 Å². The van der Waals surface area contributed by atoms with Crippen molar-refractivity contribution in [3.05, 3.63) is 59.9 Å². The summed E-state index contributed by atoms with van der Waals surface area (Å²) in [4.78, 5) is 1.98. The van der Waals surface area contributed by atoms with Gasteiger partial charge in [-0.3, -0.25) is 0 Å². The number of hydrogen-bond donors (Lipinski definition) is 1. The highest BCUT2D eigenvalue weighted by Crippen LogP contribution is 2.20. The van der Waals surface area contributed by atoms with Gasteiger partial charge in [0.05, 0.1) is 32.7 Å². The summed E-state index contributed by atoms with van der Waals surface area (Å²) in [6.07, 6.45) is 5.95. The third kappa shape index (κ3) is 3.75. The first-order chi connectivity index (χ1) is 13.6. The molecule has 3 heterocycles. The summed E-state index contributed by atoms with van der Waals surface area (Å²) in [5.41, 5.74) is 11.7. The molecule has 28 heavy (non-hydrogen) atoms. The molecule has 0 spiro atoms. The largest absolute Gasteiger partial charge is 0.378 e. The topological polar surface area (TPSA) is 72.2 Å². The maximum absolute atomic E-state index is 5.98. The van der Waals surface area contributed by atoms with Gasteiger partial charge in [-0.05, 0) is 36.2 Å². The first-order valence-corrected chi connectivity index (χ1v) is 9.39. The second-order valence-electron chi connectivity index (χ2n) is 6.97. The molecule has 7 nitrogen and oxygen atoms in total. The van der Waals surface area contributed by atoms with Gasteiger partial charge in [-0.2, -0.15) is 5.10 Å². The second-order valence-corrected chi connectivity index (χ2v) is 6.97. The van der Waals surface area contributed by atoms with Crippen molar-refractivity contribution in [3.63, 3.8) is 0 Å². The van der Waals surface area contributed by atoms with Gasteiger partial charge >= 0.3 is 0 Å². The Kier molecular flexibility index (Phi) is 5.08. The van der Waals surface area contributed by atoms with Crippen LogP contribution in [0, 0.1) is 6.92 Å². The number of aromatic nitrogens is 2. The predicted molar refractivity (Wildman–Crippen MR) is 110 cm³/mol. The molecule has 1 saturated heterocycles. The van der Waals surface area contributed by atoms with E-state index in [0.717, 1.165) is 35.6 Å².